The van der Waals surface area contributed by atoms with Gasteiger partial charge in [-0.05, 0) is 36.3 Å². The van der Waals surface area contributed by atoms with Crippen molar-refractivity contribution in [3.8, 4) is 0 Å². The predicted octanol–water partition coefficient (Wildman–Crippen LogP) is 2.37. The van der Waals surface area contributed by atoms with Crippen LogP contribution in [0.25, 0.3) is 0 Å². The van der Waals surface area contributed by atoms with Crippen molar-refractivity contribution in [2.75, 3.05) is 13.1 Å². The number of hydrogen-bond acceptors (Lipinski definition) is 3. The van der Waals surface area contributed by atoms with E-state index in [1.54, 1.807) is 11.3 Å². The summed E-state index contributed by atoms with van der Waals surface area (Å²) in [6.45, 7) is 7.95. The summed E-state index contributed by atoms with van der Waals surface area (Å²) in [4.78, 5) is 27.2. The largest absolute Gasteiger partial charge is 0.338 e. The topological polar surface area (TPSA) is 61.4 Å². The number of fused-ring (bicyclic) bond motifs is 1. The number of urea groups is 1. The van der Waals surface area contributed by atoms with Gasteiger partial charge in [-0.2, -0.15) is 0 Å². The van der Waals surface area contributed by atoms with Gasteiger partial charge in [-0.15, -0.1) is 11.3 Å². The first-order valence-corrected chi connectivity index (χ1v) is 8.72. The summed E-state index contributed by atoms with van der Waals surface area (Å²) >= 11 is 1.77. The minimum Gasteiger partial charge on any atom is -0.338 e. The Kier molecular flexibility index (Phi) is 5.83. The molecule has 0 saturated carbocycles. The highest BCUT2D eigenvalue weighted by molar-refractivity contribution is 7.10. The van der Waals surface area contributed by atoms with E-state index in [2.05, 4.69) is 35.9 Å². The van der Waals surface area contributed by atoms with Gasteiger partial charge in [0.25, 0.3) is 0 Å². The fraction of sp³-hybridized carbons (Fsp3) is 0.625. The first-order chi connectivity index (χ1) is 10.5. The molecule has 1 atom stereocenters. The molecule has 3 amide bonds. The van der Waals surface area contributed by atoms with Crippen molar-refractivity contribution in [1.82, 2.24) is 15.5 Å². The van der Waals surface area contributed by atoms with Crippen LogP contribution in [0, 0.1) is 5.92 Å². The maximum absolute atomic E-state index is 12.2. The highest BCUT2D eigenvalue weighted by atomic mass is 32.1. The first-order valence-electron chi connectivity index (χ1n) is 7.84. The third-order valence-corrected chi connectivity index (χ3v) is 5.17. The van der Waals surface area contributed by atoms with Crippen LogP contribution in [0.1, 0.15) is 37.6 Å². The molecule has 22 heavy (non-hydrogen) atoms. The van der Waals surface area contributed by atoms with E-state index in [0.717, 1.165) is 13.0 Å². The number of carbonyl (C=O) groups excluding carboxylic acids is 2. The van der Waals surface area contributed by atoms with Crippen molar-refractivity contribution in [2.45, 2.75) is 46.2 Å². The molecule has 5 nitrogen and oxygen atoms in total. The Morgan fingerprint density at radius 3 is 2.86 bits per heavy atom. The van der Waals surface area contributed by atoms with E-state index >= 15 is 0 Å². The van der Waals surface area contributed by atoms with Gasteiger partial charge in [-0.25, -0.2) is 4.79 Å². The van der Waals surface area contributed by atoms with Crippen LogP contribution < -0.4 is 10.6 Å². The molecular weight excluding hydrogens is 298 g/mol. The van der Waals surface area contributed by atoms with E-state index < -0.39 is 0 Å². The Labute approximate surface area is 136 Å². The Morgan fingerprint density at radius 1 is 1.36 bits per heavy atom. The van der Waals surface area contributed by atoms with Crippen molar-refractivity contribution >= 4 is 23.3 Å². The molecule has 0 aromatic carbocycles. The summed E-state index contributed by atoms with van der Waals surface area (Å²) < 4.78 is 0. The predicted molar refractivity (Wildman–Crippen MR) is 88.9 cm³/mol. The molecule has 0 fully saturated rings. The molecule has 0 radical (unpaired) electrons. The van der Waals surface area contributed by atoms with Crippen LogP contribution in [0.15, 0.2) is 11.4 Å². The van der Waals surface area contributed by atoms with E-state index in [4.69, 9.17) is 0 Å². The summed E-state index contributed by atoms with van der Waals surface area (Å²) in [6.07, 6.45) is 1.29. The van der Waals surface area contributed by atoms with Gasteiger partial charge in [0.1, 0.15) is 0 Å². The molecule has 1 aromatic heterocycles. The summed E-state index contributed by atoms with van der Waals surface area (Å²) in [7, 11) is 0. The maximum atomic E-state index is 12.2. The lowest BCUT2D eigenvalue weighted by atomic mass is 10.1. The van der Waals surface area contributed by atoms with E-state index in [-0.39, 0.29) is 18.0 Å². The van der Waals surface area contributed by atoms with Gasteiger partial charge in [-0.1, -0.05) is 13.8 Å². The Morgan fingerprint density at radius 2 is 2.14 bits per heavy atom. The number of rotatable bonds is 5. The molecule has 2 heterocycles. The van der Waals surface area contributed by atoms with Gasteiger partial charge in [0.05, 0.1) is 0 Å². The summed E-state index contributed by atoms with van der Waals surface area (Å²) in [6, 6.07) is 2.01. The number of nitrogens with one attached hydrogen (secondary N) is 2. The molecule has 1 unspecified atom stereocenters. The maximum Gasteiger partial charge on any atom is 0.315 e. The average molecular weight is 323 g/mol. The van der Waals surface area contributed by atoms with Crippen LogP contribution in [-0.2, 0) is 17.8 Å². The second-order valence-corrected chi connectivity index (χ2v) is 7.12. The molecule has 0 aliphatic carbocycles. The molecule has 0 spiro atoms. The van der Waals surface area contributed by atoms with Crippen molar-refractivity contribution in [2.24, 2.45) is 5.92 Å². The molecule has 1 aromatic rings. The molecule has 122 valence electrons. The van der Waals surface area contributed by atoms with Gasteiger partial charge in [-0.3, -0.25) is 4.79 Å². The van der Waals surface area contributed by atoms with Crippen molar-refractivity contribution in [3.05, 3.63) is 21.9 Å². The second kappa shape index (κ2) is 7.63. The summed E-state index contributed by atoms with van der Waals surface area (Å²) in [5.74, 6) is 0.495. The fourth-order valence-corrected chi connectivity index (χ4v) is 3.22. The molecule has 2 N–H and O–H groups in total. The van der Waals surface area contributed by atoms with E-state index in [9.17, 15) is 9.59 Å². The number of hydrogen-bond donors (Lipinski definition) is 2. The van der Waals surface area contributed by atoms with Gasteiger partial charge in [0.2, 0.25) is 5.91 Å². The van der Waals surface area contributed by atoms with Crippen LogP contribution in [0.2, 0.25) is 0 Å². The third-order valence-electron chi connectivity index (χ3n) is 4.14. The van der Waals surface area contributed by atoms with Crippen molar-refractivity contribution in [3.63, 3.8) is 0 Å². The highest BCUT2D eigenvalue weighted by Gasteiger charge is 2.21. The quantitative estimate of drug-likeness (QED) is 0.874. The highest BCUT2D eigenvalue weighted by Crippen LogP contribution is 2.24. The van der Waals surface area contributed by atoms with Gasteiger partial charge in [0, 0.05) is 37.0 Å². The van der Waals surface area contributed by atoms with Crippen molar-refractivity contribution in [1.29, 1.82) is 0 Å². The van der Waals surface area contributed by atoms with Gasteiger partial charge in [0.15, 0.2) is 0 Å². The van der Waals surface area contributed by atoms with E-state index in [1.165, 1.54) is 10.4 Å². The normalized spacial score (nSPS) is 15.4. The zero-order chi connectivity index (χ0) is 16.1. The van der Waals surface area contributed by atoms with Crippen molar-refractivity contribution < 1.29 is 9.59 Å². The average Bonchev–Trinajstić information content (AvgIpc) is 2.94. The molecular formula is C16H25N3O2S. The Bertz CT molecular complexity index is 527. The fourth-order valence-electron chi connectivity index (χ4n) is 2.33. The Hall–Kier alpha value is -1.56. The lowest BCUT2D eigenvalue weighted by Crippen LogP contribution is -2.44. The number of nitrogens with zero attached hydrogens (tertiary/aromatic N) is 1. The van der Waals surface area contributed by atoms with Crippen LogP contribution in [0.3, 0.4) is 0 Å². The van der Waals surface area contributed by atoms with Crippen LogP contribution >= 0.6 is 11.3 Å². The second-order valence-electron chi connectivity index (χ2n) is 6.12. The summed E-state index contributed by atoms with van der Waals surface area (Å²) in [5.41, 5.74) is 1.26. The van der Waals surface area contributed by atoms with E-state index in [1.807, 2.05) is 11.8 Å². The monoisotopic (exact) mass is 323 g/mol. The lowest BCUT2D eigenvalue weighted by molar-refractivity contribution is -0.131. The van der Waals surface area contributed by atoms with Crippen LogP contribution in [0.4, 0.5) is 4.79 Å². The van der Waals surface area contributed by atoms with Gasteiger partial charge < -0.3 is 15.5 Å². The minimum absolute atomic E-state index is 0.106. The summed E-state index contributed by atoms with van der Waals surface area (Å²) in [5, 5.41) is 7.71. The van der Waals surface area contributed by atoms with E-state index in [0.29, 0.717) is 25.4 Å². The molecule has 0 bridgehead atoms. The molecule has 6 heteroatoms. The number of amides is 3. The van der Waals surface area contributed by atoms with Crippen LogP contribution in [-0.4, -0.2) is 36.0 Å². The lowest BCUT2D eigenvalue weighted by Gasteiger charge is -2.27. The zero-order valence-corrected chi connectivity index (χ0v) is 14.3. The Balaban J connectivity index is 1.69. The molecule has 1 aliphatic heterocycles. The SMILES string of the molecule is CC(C)C(C)NC(=O)NCCC(=O)N1CCc2sccc2C1. The standard InChI is InChI=1S/C16H25N3O2S/c1-11(2)12(3)18-16(21)17-7-4-15(20)19-8-5-14-13(10-19)6-9-22-14/h6,9,11-12H,4-5,7-8,10H2,1-3H3,(H2,17,18,21). The van der Waals surface area contributed by atoms with Crippen LogP contribution in [0.5, 0.6) is 0 Å². The minimum atomic E-state index is -0.201. The third kappa shape index (κ3) is 4.47. The molecule has 1 aliphatic rings. The first kappa shape index (κ1) is 16.8. The molecule has 2 rings (SSSR count). The number of thiophene rings is 1. The van der Waals surface area contributed by atoms with Gasteiger partial charge >= 0.3 is 6.03 Å². The smallest absolute Gasteiger partial charge is 0.315 e. The zero-order valence-electron chi connectivity index (χ0n) is 13.5. The number of carbonyl (C=O) groups is 2. The molecule has 0 saturated heterocycles.